The fourth-order valence-electron chi connectivity index (χ4n) is 3.66. The summed E-state index contributed by atoms with van der Waals surface area (Å²) in [6.45, 7) is 2.41. The third-order valence-electron chi connectivity index (χ3n) is 5.25. The van der Waals surface area contributed by atoms with Gasteiger partial charge in [0.05, 0.1) is 0 Å². The standard InChI is InChI=1S/C21H23N3O2S/c1-14-8-6-7-9-15(14)12-22-19(25)16-13-23-21-24(20(16)26)17-10-4-2-3-5-11-18(17)27-21/h6-9,13H,2-5,10-12H2,1H3,(H,22,25). The number of nitrogens with one attached hydrogen (secondary N) is 1. The van der Waals surface area contributed by atoms with Gasteiger partial charge in [0.2, 0.25) is 0 Å². The Hall–Kier alpha value is -2.47. The van der Waals surface area contributed by atoms with E-state index >= 15 is 0 Å². The quantitative estimate of drug-likeness (QED) is 0.753. The largest absolute Gasteiger partial charge is 0.348 e. The zero-order valence-corrected chi connectivity index (χ0v) is 16.3. The Labute approximate surface area is 162 Å². The summed E-state index contributed by atoms with van der Waals surface area (Å²) < 4.78 is 1.67. The maximum atomic E-state index is 13.0. The van der Waals surface area contributed by atoms with Gasteiger partial charge in [-0.2, -0.15) is 0 Å². The zero-order valence-electron chi connectivity index (χ0n) is 15.5. The number of rotatable bonds is 3. The van der Waals surface area contributed by atoms with Crippen LogP contribution in [0, 0.1) is 6.92 Å². The van der Waals surface area contributed by atoms with Crippen LogP contribution >= 0.6 is 11.3 Å². The Morgan fingerprint density at radius 2 is 1.96 bits per heavy atom. The summed E-state index contributed by atoms with van der Waals surface area (Å²) in [5, 5.41) is 2.87. The fraction of sp³-hybridized carbons (Fsp3) is 0.381. The van der Waals surface area contributed by atoms with Gasteiger partial charge in [0.15, 0.2) is 4.96 Å². The fourth-order valence-corrected chi connectivity index (χ4v) is 4.82. The molecule has 0 atom stereocenters. The van der Waals surface area contributed by atoms with Gasteiger partial charge in [0, 0.05) is 23.3 Å². The molecule has 2 heterocycles. The van der Waals surface area contributed by atoms with Crippen molar-refractivity contribution in [2.24, 2.45) is 0 Å². The topological polar surface area (TPSA) is 63.5 Å². The number of aromatic nitrogens is 2. The number of amides is 1. The maximum absolute atomic E-state index is 13.0. The minimum Gasteiger partial charge on any atom is -0.348 e. The van der Waals surface area contributed by atoms with Crippen LogP contribution in [0.1, 0.15) is 57.7 Å². The van der Waals surface area contributed by atoms with Crippen LogP contribution in [0.25, 0.3) is 4.96 Å². The van der Waals surface area contributed by atoms with E-state index < -0.39 is 0 Å². The van der Waals surface area contributed by atoms with Gasteiger partial charge in [-0.15, -0.1) is 11.3 Å². The Morgan fingerprint density at radius 1 is 1.19 bits per heavy atom. The number of hydrogen-bond donors (Lipinski definition) is 1. The van der Waals surface area contributed by atoms with E-state index in [0.717, 1.165) is 42.5 Å². The summed E-state index contributed by atoms with van der Waals surface area (Å²) in [4.78, 5) is 32.1. The second-order valence-corrected chi connectivity index (χ2v) is 8.15. The second kappa shape index (κ2) is 7.64. The lowest BCUT2D eigenvalue weighted by Crippen LogP contribution is -2.31. The first-order chi connectivity index (χ1) is 13.1. The number of thiazole rings is 1. The highest BCUT2D eigenvalue weighted by atomic mass is 32.1. The Morgan fingerprint density at radius 3 is 2.78 bits per heavy atom. The molecule has 0 spiro atoms. The molecule has 1 aliphatic rings. The van der Waals surface area contributed by atoms with E-state index in [1.54, 1.807) is 15.7 Å². The predicted molar refractivity (Wildman–Crippen MR) is 108 cm³/mol. The van der Waals surface area contributed by atoms with Crippen LogP contribution in [-0.2, 0) is 19.4 Å². The van der Waals surface area contributed by atoms with Gasteiger partial charge in [-0.25, -0.2) is 4.98 Å². The Kier molecular flexibility index (Phi) is 5.07. The monoisotopic (exact) mass is 381 g/mol. The van der Waals surface area contributed by atoms with Crippen LogP contribution in [0.2, 0.25) is 0 Å². The molecule has 3 aromatic rings. The molecule has 27 heavy (non-hydrogen) atoms. The molecule has 2 aromatic heterocycles. The van der Waals surface area contributed by atoms with Gasteiger partial charge in [0.1, 0.15) is 5.56 Å². The molecular weight excluding hydrogens is 358 g/mol. The van der Waals surface area contributed by atoms with Gasteiger partial charge in [-0.05, 0) is 43.7 Å². The maximum Gasteiger partial charge on any atom is 0.271 e. The summed E-state index contributed by atoms with van der Waals surface area (Å²) in [6.07, 6.45) is 7.96. The Bertz CT molecular complexity index is 1050. The summed E-state index contributed by atoms with van der Waals surface area (Å²) in [6, 6.07) is 7.90. The average molecular weight is 382 g/mol. The van der Waals surface area contributed by atoms with Crippen molar-refractivity contribution in [2.75, 3.05) is 0 Å². The van der Waals surface area contributed by atoms with E-state index in [2.05, 4.69) is 10.3 Å². The van der Waals surface area contributed by atoms with Crippen LogP contribution in [0.5, 0.6) is 0 Å². The van der Waals surface area contributed by atoms with Gasteiger partial charge >= 0.3 is 0 Å². The average Bonchev–Trinajstić information content (AvgIpc) is 2.98. The molecule has 0 saturated carbocycles. The van der Waals surface area contributed by atoms with Crippen LogP contribution in [-0.4, -0.2) is 15.3 Å². The van der Waals surface area contributed by atoms with Gasteiger partial charge < -0.3 is 5.32 Å². The van der Waals surface area contributed by atoms with E-state index in [-0.39, 0.29) is 17.0 Å². The smallest absolute Gasteiger partial charge is 0.271 e. The lowest BCUT2D eigenvalue weighted by atomic mass is 10.0. The van der Waals surface area contributed by atoms with Crippen molar-refractivity contribution in [1.29, 1.82) is 0 Å². The molecule has 1 N–H and O–H groups in total. The van der Waals surface area contributed by atoms with Gasteiger partial charge in [-0.1, -0.05) is 37.1 Å². The predicted octanol–water partition coefficient (Wildman–Crippen LogP) is 3.65. The molecule has 0 bridgehead atoms. The molecule has 0 saturated heterocycles. The highest BCUT2D eigenvalue weighted by molar-refractivity contribution is 7.17. The molecule has 4 rings (SSSR count). The molecule has 0 fully saturated rings. The van der Waals surface area contributed by atoms with Crippen LogP contribution in [0.3, 0.4) is 0 Å². The molecule has 0 radical (unpaired) electrons. The summed E-state index contributed by atoms with van der Waals surface area (Å²) in [5.41, 5.74) is 3.08. The molecule has 0 aliphatic heterocycles. The minimum absolute atomic E-state index is 0.115. The number of nitrogens with zero attached hydrogens (tertiary/aromatic N) is 2. The lowest BCUT2D eigenvalue weighted by Gasteiger charge is -2.10. The van der Waals surface area contributed by atoms with E-state index in [0.29, 0.717) is 11.5 Å². The van der Waals surface area contributed by atoms with E-state index in [9.17, 15) is 9.59 Å². The first kappa shape index (κ1) is 17.9. The van der Waals surface area contributed by atoms with Crippen molar-refractivity contribution in [3.8, 4) is 0 Å². The number of aryl methyl sites for hydroxylation is 3. The molecule has 1 aromatic carbocycles. The molecule has 6 heteroatoms. The summed E-state index contributed by atoms with van der Waals surface area (Å²) in [7, 11) is 0. The lowest BCUT2D eigenvalue weighted by molar-refractivity contribution is 0.0949. The second-order valence-electron chi connectivity index (χ2n) is 7.09. The van der Waals surface area contributed by atoms with E-state index in [4.69, 9.17) is 0 Å². The van der Waals surface area contributed by atoms with Gasteiger partial charge in [0.25, 0.3) is 11.5 Å². The van der Waals surface area contributed by atoms with Crippen LogP contribution in [0.4, 0.5) is 0 Å². The molecular formula is C21H23N3O2S. The number of benzene rings is 1. The van der Waals surface area contributed by atoms with Crippen molar-refractivity contribution < 1.29 is 4.79 Å². The highest BCUT2D eigenvalue weighted by Gasteiger charge is 2.20. The van der Waals surface area contributed by atoms with Crippen LogP contribution < -0.4 is 10.9 Å². The first-order valence-corrected chi connectivity index (χ1v) is 10.3. The van der Waals surface area contributed by atoms with Crippen molar-refractivity contribution in [2.45, 2.75) is 52.0 Å². The zero-order chi connectivity index (χ0) is 18.8. The molecule has 5 nitrogen and oxygen atoms in total. The van der Waals surface area contributed by atoms with Crippen LogP contribution in [0.15, 0.2) is 35.3 Å². The van der Waals surface area contributed by atoms with E-state index in [1.165, 1.54) is 23.9 Å². The van der Waals surface area contributed by atoms with Crippen molar-refractivity contribution in [3.05, 3.63) is 68.1 Å². The van der Waals surface area contributed by atoms with Gasteiger partial charge in [-0.3, -0.25) is 14.0 Å². The molecule has 1 aliphatic carbocycles. The summed E-state index contributed by atoms with van der Waals surface area (Å²) in [5.74, 6) is -0.365. The molecule has 140 valence electrons. The Balaban J connectivity index is 1.65. The minimum atomic E-state index is -0.365. The number of fused-ring (bicyclic) bond motifs is 3. The molecule has 0 unspecified atom stereocenters. The third-order valence-corrected chi connectivity index (χ3v) is 6.40. The van der Waals surface area contributed by atoms with Crippen molar-refractivity contribution >= 4 is 22.2 Å². The number of carbonyl (C=O) groups excluding carboxylic acids is 1. The third kappa shape index (κ3) is 3.54. The highest BCUT2D eigenvalue weighted by Crippen LogP contribution is 2.27. The van der Waals surface area contributed by atoms with Crippen molar-refractivity contribution in [1.82, 2.24) is 14.7 Å². The molecule has 1 amide bonds. The first-order valence-electron chi connectivity index (χ1n) is 9.50. The van der Waals surface area contributed by atoms with Crippen molar-refractivity contribution in [3.63, 3.8) is 0 Å². The summed E-state index contributed by atoms with van der Waals surface area (Å²) >= 11 is 1.59. The normalized spacial score (nSPS) is 14.4. The number of carbonyl (C=O) groups is 1. The van der Waals surface area contributed by atoms with E-state index in [1.807, 2.05) is 31.2 Å². The SMILES string of the molecule is Cc1ccccc1CNC(=O)c1cnc2sc3c(n2c1=O)CCCCCC3. The number of hydrogen-bond acceptors (Lipinski definition) is 4.